The number of hydrogen-bond donors (Lipinski definition) is 2. The number of aliphatic hydroxyl groups is 1. The van der Waals surface area contributed by atoms with Crippen LogP contribution in [0.1, 0.15) is 83.7 Å². The summed E-state index contributed by atoms with van der Waals surface area (Å²) in [5, 5.41) is 17.6. The van der Waals surface area contributed by atoms with Gasteiger partial charge in [-0.15, -0.1) is 0 Å². The smallest absolute Gasteiger partial charge is 0.408 e. The fourth-order valence-electron chi connectivity index (χ4n) is 6.17. The van der Waals surface area contributed by atoms with Crippen molar-refractivity contribution in [2.24, 2.45) is 5.41 Å². The summed E-state index contributed by atoms with van der Waals surface area (Å²) in [6.45, 7) is 9.55. The van der Waals surface area contributed by atoms with Gasteiger partial charge >= 0.3 is 6.09 Å². The van der Waals surface area contributed by atoms with Crippen LogP contribution in [0.2, 0.25) is 0 Å². The first-order valence-corrected chi connectivity index (χ1v) is 17.4. The van der Waals surface area contributed by atoms with Crippen LogP contribution in [-0.4, -0.2) is 85.6 Å². The Hall–Kier alpha value is -5.24. The molecule has 12 nitrogen and oxygen atoms in total. The van der Waals surface area contributed by atoms with Crippen LogP contribution in [0.3, 0.4) is 0 Å². The van der Waals surface area contributed by atoms with E-state index in [1.807, 2.05) is 51.1 Å². The van der Waals surface area contributed by atoms with Gasteiger partial charge in [-0.2, -0.15) is 5.10 Å². The summed E-state index contributed by atoms with van der Waals surface area (Å²) < 4.78 is 36.0. The molecule has 3 aromatic rings. The highest BCUT2D eigenvalue weighted by Gasteiger charge is 2.39. The number of carbonyl (C=O) groups excluding carboxylic acids is 5. The molecule has 1 aliphatic rings. The Kier molecular flexibility index (Phi) is 13.0. The molecule has 2 aromatic carbocycles. The normalized spacial score (nSPS) is 14.3. The molecule has 0 spiro atoms. The van der Waals surface area contributed by atoms with Gasteiger partial charge in [-0.05, 0) is 56.7 Å². The Morgan fingerprint density at radius 2 is 1.64 bits per heavy atom. The third-order valence-electron chi connectivity index (χ3n) is 8.51. The van der Waals surface area contributed by atoms with E-state index in [9.17, 15) is 33.5 Å². The fraction of sp³-hybridized carbons (Fsp3) is 0.436. The minimum Gasteiger partial charge on any atom is -0.444 e. The van der Waals surface area contributed by atoms with Gasteiger partial charge in [0.1, 0.15) is 29.5 Å². The number of ether oxygens (including phenoxy) is 1. The highest BCUT2D eigenvalue weighted by Crippen LogP contribution is 2.40. The molecule has 0 bridgehead atoms. The lowest BCUT2D eigenvalue weighted by Crippen LogP contribution is -2.48. The topological polar surface area (TPSA) is 151 Å². The van der Waals surface area contributed by atoms with Crippen LogP contribution in [0.15, 0.2) is 66.9 Å². The highest BCUT2D eigenvalue weighted by atomic mass is 19.1. The SMILES string of the molecule is CC(C)(C)OC(=O)N[C@@H](CCN(C(=O)CO)[C@@H](c1nn(-c2cc(F)ccc2F)cc1Cc1ccccc1)C(C)(C)C)C(=O)CCCN1C(=O)C=CC1=O. The summed E-state index contributed by atoms with van der Waals surface area (Å²) in [5.74, 6) is -3.47. The van der Waals surface area contributed by atoms with Gasteiger partial charge in [0.15, 0.2) is 5.78 Å². The molecular weight excluding hydrogens is 688 g/mol. The maximum absolute atomic E-state index is 15.1. The number of aliphatic hydroxyl groups excluding tert-OH is 1. The van der Waals surface area contributed by atoms with Gasteiger partial charge in [-0.3, -0.25) is 24.1 Å². The molecule has 0 saturated heterocycles. The van der Waals surface area contributed by atoms with E-state index < -0.39 is 70.9 Å². The number of Topliss-reactive ketones (excluding diaryl/α,β-unsaturated/α-hetero) is 1. The molecule has 0 aliphatic carbocycles. The van der Waals surface area contributed by atoms with Gasteiger partial charge in [0.05, 0.1) is 17.8 Å². The molecule has 4 amide bonds. The van der Waals surface area contributed by atoms with E-state index in [0.717, 1.165) is 40.8 Å². The molecule has 14 heteroatoms. The molecule has 0 unspecified atom stereocenters. The molecule has 1 aliphatic heterocycles. The van der Waals surface area contributed by atoms with E-state index in [-0.39, 0.29) is 38.0 Å². The quantitative estimate of drug-likeness (QED) is 0.202. The second-order valence-electron chi connectivity index (χ2n) is 15.0. The van der Waals surface area contributed by atoms with Crippen molar-refractivity contribution in [3.8, 4) is 5.69 Å². The van der Waals surface area contributed by atoms with Crippen LogP contribution < -0.4 is 5.32 Å². The predicted molar refractivity (Wildman–Crippen MR) is 192 cm³/mol. The second kappa shape index (κ2) is 17.1. The van der Waals surface area contributed by atoms with Crippen LogP contribution in [0.5, 0.6) is 0 Å². The van der Waals surface area contributed by atoms with Crippen molar-refractivity contribution in [1.82, 2.24) is 24.9 Å². The molecule has 284 valence electrons. The molecule has 4 rings (SSSR count). The molecule has 0 saturated carbocycles. The number of benzene rings is 2. The Bertz CT molecular complexity index is 1830. The number of amides is 4. The summed E-state index contributed by atoms with van der Waals surface area (Å²) in [6, 6.07) is 10.4. The van der Waals surface area contributed by atoms with E-state index >= 15 is 4.39 Å². The van der Waals surface area contributed by atoms with Crippen LogP contribution in [0.4, 0.5) is 13.6 Å². The van der Waals surface area contributed by atoms with Gasteiger partial charge in [0.2, 0.25) is 5.91 Å². The van der Waals surface area contributed by atoms with E-state index in [1.54, 1.807) is 27.0 Å². The Labute approximate surface area is 307 Å². The summed E-state index contributed by atoms with van der Waals surface area (Å²) in [6.07, 6.45) is 3.26. The van der Waals surface area contributed by atoms with Crippen molar-refractivity contribution in [2.75, 3.05) is 19.7 Å². The number of alkyl carbamates (subject to hydrolysis) is 1. The van der Waals surface area contributed by atoms with E-state index in [4.69, 9.17) is 9.84 Å². The van der Waals surface area contributed by atoms with Crippen molar-refractivity contribution in [3.05, 3.63) is 95.3 Å². The van der Waals surface area contributed by atoms with E-state index in [2.05, 4.69) is 5.32 Å². The zero-order valence-electron chi connectivity index (χ0n) is 30.9. The van der Waals surface area contributed by atoms with Crippen LogP contribution >= 0.6 is 0 Å². The summed E-state index contributed by atoms with van der Waals surface area (Å²) in [4.78, 5) is 66.6. The number of nitrogens with one attached hydrogen (secondary N) is 1. The monoisotopic (exact) mass is 735 g/mol. The predicted octanol–water partition coefficient (Wildman–Crippen LogP) is 5.21. The minimum atomic E-state index is -1.16. The molecule has 2 atom stereocenters. The number of ketones is 1. The number of carbonyl (C=O) groups is 5. The third-order valence-corrected chi connectivity index (χ3v) is 8.51. The van der Waals surface area contributed by atoms with Crippen molar-refractivity contribution < 1.29 is 42.6 Å². The fourth-order valence-corrected chi connectivity index (χ4v) is 6.17. The molecular formula is C39H47F2N5O7. The maximum atomic E-state index is 15.1. The average molecular weight is 736 g/mol. The van der Waals surface area contributed by atoms with Gasteiger partial charge in [0.25, 0.3) is 11.8 Å². The van der Waals surface area contributed by atoms with Crippen LogP contribution in [0, 0.1) is 17.0 Å². The summed E-state index contributed by atoms with van der Waals surface area (Å²) in [7, 11) is 0. The molecule has 0 fully saturated rings. The second-order valence-corrected chi connectivity index (χ2v) is 15.0. The maximum Gasteiger partial charge on any atom is 0.408 e. The number of hydrogen-bond acceptors (Lipinski definition) is 8. The van der Waals surface area contributed by atoms with Crippen LogP contribution in [-0.2, 0) is 30.3 Å². The molecule has 2 N–H and O–H groups in total. The number of rotatable bonds is 15. The third kappa shape index (κ3) is 10.9. The minimum absolute atomic E-state index is 0.00442. The van der Waals surface area contributed by atoms with Gasteiger partial charge < -0.3 is 20.1 Å². The number of halogens is 2. The van der Waals surface area contributed by atoms with Crippen molar-refractivity contribution >= 4 is 29.6 Å². The highest BCUT2D eigenvalue weighted by molar-refractivity contribution is 6.12. The Balaban J connectivity index is 1.70. The van der Waals surface area contributed by atoms with E-state index in [0.29, 0.717) is 17.7 Å². The lowest BCUT2D eigenvalue weighted by molar-refractivity contribution is -0.140. The van der Waals surface area contributed by atoms with Crippen molar-refractivity contribution in [3.63, 3.8) is 0 Å². The molecule has 1 aromatic heterocycles. The lowest BCUT2D eigenvalue weighted by atomic mass is 9.81. The largest absolute Gasteiger partial charge is 0.444 e. The zero-order chi connectivity index (χ0) is 39.1. The van der Waals surface area contributed by atoms with Gasteiger partial charge in [-0.1, -0.05) is 51.1 Å². The Morgan fingerprint density at radius 3 is 2.25 bits per heavy atom. The van der Waals surface area contributed by atoms with Crippen molar-refractivity contribution in [2.45, 2.75) is 84.9 Å². The van der Waals surface area contributed by atoms with Gasteiger partial charge in [0, 0.05) is 55.9 Å². The first-order valence-electron chi connectivity index (χ1n) is 17.4. The first-order chi connectivity index (χ1) is 24.9. The summed E-state index contributed by atoms with van der Waals surface area (Å²) >= 11 is 0. The van der Waals surface area contributed by atoms with E-state index in [1.165, 1.54) is 9.58 Å². The molecule has 53 heavy (non-hydrogen) atoms. The van der Waals surface area contributed by atoms with Gasteiger partial charge in [-0.25, -0.2) is 18.3 Å². The summed E-state index contributed by atoms with van der Waals surface area (Å²) in [5.41, 5.74) is 0.0714. The number of imide groups is 1. The Morgan fingerprint density at radius 1 is 0.981 bits per heavy atom. The first kappa shape index (κ1) is 40.5. The average Bonchev–Trinajstić information content (AvgIpc) is 3.63. The standard InChI is InChI=1S/C39H47F2N5O7/c1-38(2,3)36(35-26(21-25-11-8-7-9-12-25)23-46(43-35)30-22-27(40)14-15-28(30)41)45(34(51)24-47)20-18-29(42-37(52)53-39(4,5)6)31(48)13-10-19-44-32(49)16-17-33(44)50/h7-9,11-12,14-17,22-23,29,36,47H,10,13,18-21,24H2,1-6H3,(H,42,52)/t29-,36-/m0/s1. The number of nitrogens with zero attached hydrogens (tertiary/aromatic N) is 4. The van der Waals surface area contributed by atoms with Crippen LogP contribution in [0.25, 0.3) is 5.69 Å². The molecule has 0 radical (unpaired) electrons. The lowest BCUT2D eigenvalue weighted by Gasteiger charge is -2.40. The zero-order valence-corrected chi connectivity index (χ0v) is 30.9. The molecule has 2 heterocycles. The van der Waals surface area contributed by atoms with Crippen molar-refractivity contribution in [1.29, 1.82) is 0 Å². The number of aromatic nitrogens is 2.